The highest BCUT2D eigenvalue weighted by molar-refractivity contribution is 6.04. The lowest BCUT2D eigenvalue weighted by molar-refractivity contribution is -0.114. The van der Waals surface area contributed by atoms with Crippen LogP contribution in [0.15, 0.2) is 42.5 Å². The third-order valence-corrected chi connectivity index (χ3v) is 4.61. The van der Waals surface area contributed by atoms with Crippen molar-refractivity contribution in [2.75, 3.05) is 23.7 Å². The van der Waals surface area contributed by atoms with Crippen molar-refractivity contribution in [1.82, 2.24) is 9.88 Å². The summed E-state index contributed by atoms with van der Waals surface area (Å²) < 4.78 is 0. The molecule has 0 radical (unpaired) electrons. The Morgan fingerprint density at radius 2 is 1.64 bits per heavy atom. The maximum absolute atomic E-state index is 12.7. The van der Waals surface area contributed by atoms with Gasteiger partial charge in [0.2, 0.25) is 5.91 Å². The molecule has 1 aromatic heterocycles. The summed E-state index contributed by atoms with van der Waals surface area (Å²) in [7, 11) is 0. The van der Waals surface area contributed by atoms with E-state index in [4.69, 9.17) is 0 Å². The maximum atomic E-state index is 12.7. The minimum atomic E-state index is -0.395. The number of nitrogens with one attached hydrogen (secondary N) is 2. The Bertz CT molecular complexity index is 879. The van der Waals surface area contributed by atoms with Crippen molar-refractivity contribution < 1.29 is 14.4 Å². The van der Waals surface area contributed by atoms with Gasteiger partial charge in [0.05, 0.1) is 0 Å². The number of amides is 3. The summed E-state index contributed by atoms with van der Waals surface area (Å²) in [4.78, 5) is 42.3. The Labute approximate surface area is 164 Å². The molecule has 3 amide bonds. The molecule has 1 unspecified atom stereocenters. The maximum Gasteiger partial charge on any atom is 0.274 e. The van der Waals surface area contributed by atoms with Gasteiger partial charge in [0, 0.05) is 31.4 Å². The van der Waals surface area contributed by atoms with E-state index in [1.54, 1.807) is 47.4 Å². The number of hydrogen-bond acceptors (Lipinski definition) is 4. The molecule has 1 fully saturated rings. The molecule has 1 atom stereocenters. The fraction of sp³-hybridized carbons (Fsp3) is 0.333. The summed E-state index contributed by atoms with van der Waals surface area (Å²) in [6.07, 6.45) is 2.11. The highest BCUT2D eigenvalue weighted by Crippen LogP contribution is 2.18. The van der Waals surface area contributed by atoms with E-state index in [1.165, 1.54) is 6.92 Å². The van der Waals surface area contributed by atoms with Crippen LogP contribution in [0.4, 0.5) is 11.4 Å². The van der Waals surface area contributed by atoms with Crippen LogP contribution in [0, 0.1) is 5.92 Å². The van der Waals surface area contributed by atoms with Crippen molar-refractivity contribution in [3.63, 3.8) is 0 Å². The third-order valence-electron chi connectivity index (χ3n) is 4.61. The highest BCUT2D eigenvalue weighted by Gasteiger charge is 2.23. The van der Waals surface area contributed by atoms with Crippen LogP contribution in [0.25, 0.3) is 0 Å². The summed E-state index contributed by atoms with van der Waals surface area (Å²) in [6, 6.07) is 11.7. The lowest BCUT2D eigenvalue weighted by Gasteiger charge is -2.30. The molecule has 2 N–H and O–H groups in total. The van der Waals surface area contributed by atoms with Crippen molar-refractivity contribution in [2.24, 2.45) is 5.92 Å². The van der Waals surface area contributed by atoms with Gasteiger partial charge in [-0.3, -0.25) is 14.4 Å². The van der Waals surface area contributed by atoms with E-state index >= 15 is 0 Å². The average molecular weight is 380 g/mol. The van der Waals surface area contributed by atoms with Crippen molar-refractivity contribution >= 4 is 29.1 Å². The SMILES string of the molecule is CC(=O)Nc1ccc(NC(=O)c2cccc(C(=O)N3CCCC(C)C3)n2)cc1. The molecule has 0 spiro atoms. The molecule has 1 aliphatic rings. The van der Waals surface area contributed by atoms with E-state index < -0.39 is 5.91 Å². The predicted octanol–water partition coefficient (Wildman–Crippen LogP) is 3.16. The fourth-order valence-electron chi connectivity index (χ4n) is 3.25. The first-order valence-corrected chi connectivity index (χ1v) is 9.37. The number of carbonyl (C=O) groups excluding carboxylic acids is 3. The van der Waals surface area contributed by atoms with Crippen LogP contribution in [0.1, 0.15) is 47.7 Å². The number of anilines is 2. The zero-order valence-corrected chi connectivity index (χ0v) is 16.1. The Morgan fingerprint density at radius 1 is 1.00 bits per heavy atom. The molecule has 0 bridgehead atoms. The number of benzene rings is 1. The smallest absolute Gasteiger partial charge is 0.274 e. The normalized spacial score (nSPS) is 16.4. The van der Waals surface area contributed by atoms with Gasteiger partial charge in [-0.05, 0) is 55.2 Å². The molecular weight excluding hydrogens is 356 g/mol. The van der Waals surface area contributed by atoms with Crippen LogP contribution >= 0.6 is 0 Å². The van der Waals surface area contributed by atoms with Gasteiger partial charge in [0.15, 0.2) is 0 Å². The van der Waals surface area contributed by atoms with Gasteiger partial charge >= 0.3 is 0 Å². The largest absolute Gasteiger partial charge is 0.337 e. The van der Waals surface area contributed by atoms with Gasteiger partial charge in [-0.15, -0.1) is 0 Å². The van der Waals surface area contributed by atoms with Crippen LogP contribution in [-0.4, -0.2) is 40.7 Å². The number of hydrogen-bond donors (Lipinski definition) is 2. The van der Waals surface area contributed by atoms with E-state index in [9.17, 15) is 14.4 Å². The van der Waals surface area contributed by atoms with Gasteiger partial charge in [-0.25, -0.2) is 4.98 Å². The first-order chi connectivity index (χ1) is 13.4. The zero-order chi connectivity index (χ0) is 20.1. The number of nitrogens with zero attached hydrogens (tertiary/aromatic N) is 2. The topological polar surface area (TPSA) is 91.4 Å². The summed E-state index contributed by atoms with van der Waals surface area (Å²) in [5, 5.41) is 5.42. The van der Waals surface area contributed by atoms with Gasteiger partial charge in [0.25, 0.3) is 11.8 Å². The summed E-state index contributed by atoms with van der Waals surface area (Å²) in [6.45, 7) is 5.01. The van der Waals surface area contributed by atoms with Crippen molar-refractivity contribution in [2.45, 2.75) is 26.7 Å². The number of carbonyl (C=O) groups is 3. The first-order valence-electron chi connectivity index (χ1n) is 9.37. The molecule has 146 valence electrons. The minimum Gasteiger partial charge on any atom is -0.337 e. The summed E-state index contributed by atoms with van der Waals surface area (Å²) in [5.74, 6) is -0.218. The van der Waals surface area contributed by atoms with Crippen LogP contribution in [0.2, 0.25) is 0 Å². The molecule has 28 heavy (non-hydrogen) atoms. The third kappa shape index (κ3) is 4.94. The number of likely N-dealkylation sites (tertiary alicyclic amines) is 1. The second-order valence-electron chi connectivity index (χ2n) is 7.12. The van der Waals surface area contributed by atoms with Gasteiger partial charge in [0.1, 0.15) is 11.4 Å². The molecular formula is C21H24N4O3. The number of rotatable bonds is 4. The molecule has 2 aromatic rings. The molecule has 1 aromatic carbocycles. The standard InChI is InChI=1S/C21H24N4O3/c1-14-5-4-12-25(13-14)21(28)19-7-3-6-18(24-19)20(27)23-17-10-8-16(9-11-17)22-15(2)26/h3,6-11,14H,4-5,12-13H2,1-2H3,(H,22,26)(H,23,27). The molecule has 0 saturated carbocycles. The van der Waals surface area contributed by atoms with E-state index in [0.717, 1.165) is 25.9 Å². The summed E-state index contributed by atoms with van der Waals surface area (Å²) in [5.41, 5.74) is 1.68. The highest BCUT2D eigenvalue weighted by atomic mass is 16.2. The fourth-order valence-corrected chi connectivity index (χ4v) is 3.25. The molecule has 1 saturated heterocycles. The van der Waals surface area contributed by atoms with E-state index in [2.05, 4.69) is 22.5 Å². The minimum absolute atomic E-state index is 0.138. The average Bonchev–Trinajstić information content (AvgIpc) is 2.68. The zero-order valence-electron chi connectivity index (χ0n) is 16.1. The van der Waals surface area contributed by atoms with Crippen molar-refractivity contribution in [3.05, 3.63) is 53.9 Å². The van der Waals surface area contributed by atoms with E-state index in [1.807, 2.05) is 0 Å². The van der Waals surface area contributed by atoms with E-state index in [0.29, 0.717) is 17.3 Å². The first kappa shape index (κ1) is 19.5. The molecule has 0 aliphatic carbocycles. The van der Waals surface area contributed by atoms with Gasteiger partial charge in [-0.1, -0.05) is 13.0 Å². The number of aromatic nitrogens is 1. The molecule has 7 nitrogen and oxygen atoms in total. The van der Waals surface area contributed by atoms with Gasteiger partial charge < -0.3 is 15.5 Å². The Balaban J connectivity index is 1.68. The van der Waals surface area contributed by atoms with Gasteiger partial charge in [-0.2, -0.15) is 0 Å². The summed E-state index contributed by atoms with van der Waals surface area (Å²) >= 11 is 0. The van der Waals surface area contributed by atoms with Crippen LogP contribution in [0.3, 0.4) is 0 Å². The van der Waals surface area contributed by atoms with Crippen LogP contribution in [0.5, 0.6) is 0 Å². The second kappa shape index (κ2) is 8.65. The lowest BCUT2D eigenvalue weighted by Crippen LogP contribution is -2.39. The molecule has 1 aliphatic heterocycles. The molecule has 7 heteroatoms. The van der Waals surface area contributed by atoms with Crippen LogP contribution in [-0.2, 0) is 4.79 Å². The second-order valence-corrected chi connectivity index (χ2v) is 7.12. The van der Waals surface area contributed by atoms with Crippen LogP contribution < -0.4 is 10.6 Å². The molecule has 3 rings (SSSR count). The Kier molecular flexibility index (Phi) is 6.03. The number of pyridine rings is 1. The molecule has 2 heterocycles. The van der Waals surface area contributed by atoms with Crippen molar-refractivity contribution in [3.8, 4) is 0 Å². The Hall–Kier alpha value is -3.22. The quantitative estimate of drug-likeness (QED) is 0.852. The Morgan fingerprint density at radius 3 is 2.29 bits per heavy atom. The van der Waals surface area contributed by atoms with Crippen molar-refractivity contribution in [1.29, 1.82) is 0 Å². The monoisotopic (exact) mass is 380 g/mol. The lowest BCUT2D eigenvalue weighted by atomic mass is 10.00. The number of piperidine rings is 1. The van der Waals surface area contributed by atoms with E-state index in [-0.39, 0.29) is 23.2 Å². The predicted molar refractivity (Wildman–Crippen MR) is 107 cm³/mol.